The molecule has 1 atom stereocenters. The number of nitro groups is 1. The van der Waals surface area contributed by atoms with Gasteiger partial charge in [0.05, 0.1) is 17.6 Å². The molecule has 8 nitrogen and oxygen atoms in total. The summed E-state index contributed by atoms with van der Waals surface area (Å²) in [5, 5.41) is 13.7. The molecule has 26 heavy (non-hydrogen) atoms. The third-order valence-corrected chi connectivity index (χ3v) is 3.56. The van der Waals surface area contributed by atoms with Crippen molar-refractivity contribution in [2.45, 2.75) is 19.6 Å². The quantitative estimate of drug-likeness (QED) is 0.463. The fourth-order valence-electron chi connectivity index (χ4n) is 2.24. The van der Waals surface area contributed by atoms with Crippen LogP contribution in [0.2, 0.25) is 0 Å². The van der Waals surface area contributed by atoms with Gasteiger partial charge in [-0.3, -0.25) is 14.9 Å². The Morgan fingerprint density at radius 3 is 2.46 bits per heavy atom. The molecule has 2 aromatic carbocycles. The lowest BCUT2D eigenvalue weighted by molar-refractivity contribution is -0.386. The lowest BCUT2D eigenvalue weighted by Crippen LogP contribution is -2.39. The zero-order valence-corrected chi connectivity index (χ0v) is 14.3. The number of benzene rings is 2. The molecule has 0 aromatic heterocycles. The van der Waals surface area contributed by atoms with Gasteiger partial charge in [-0.25, -0.2) is 4.79 Å². The Morgan fingerprint density at radius 2 is 1.85 bits per heavy atom. The summed E-state index contributed by atoms with van der Waals surface area (Å²) in [7, 11) is 1.20. The number of para-hydroxylation sites is 1. The molecule has 1 N–H and O–H groups in total. The second kappa shape index (κ2) is 8.61. The molecule has 0 saturated heterocycles. The average Bonchev–Trinajstić information content (AvgIpc) is 2.65. The molecule has 0 saturated carbocycles. The van der Waals surface area contributed by atoms with Gasteiger partial charge in [-0.05, 0) is 18.6 Å². The van der Waals surface area contributed by atoms with E-state index < -0.39 is 22.8 Å². The van der Waals surface area contributed by atoms with Gasteiger partial charge in [-0.2, -0.15) is 0 Å². The Kier molecular flexibility index (Phi) is 6.26. The predicted molar refractivity (Wildman–Crippen MR) is 92.8 cm³/mol. The fourth-order valence-corrected chi connectivity index (χ4v) is 2.24. The Labute approximate surface area is 149 Å². The third kappa shape index (κ3) is 4.56. The standard InChI is InChI=1S/C18H18N2O6/c1-12(18(22)25-2)19-17(21)14-9-6-10-15(20(23)24)16(14)26-11-13-7-4-3-5-8-13/h3-10,12H,11H2,1-2H3,(H,19,21). The number of methoxy groups -OCH3 is 1. The number of ether oxygens (including phenoxy) is 2. The van der Waals surface area contributed by atoms with Gasteiger partial charge in [0.1, 0.15) is 12.6 Å². The van der Waals surface area contributed by atoms with E-state index in [9.17, 15) is 19.7 Å². The van der Waals surface area contributed by atoms with Crippen LogP contribution in [0.25, 0.3) is 0 Å². The molecule has 0 radical (unpaired) electrons. The van der Waals surface area contributed by atoms with Crippen molar-refractivity contribution < 1.29 is 24.0 Å². The summed E-state index contributed by atoms with van der Waals surface area (Å²) in [4.78, 5) is 34.6. The normalized spacial score (nSPS) is 11.3. The summed E-state index contributed by atoms with van der Waals surface area (Å²) in [6.45, 7) is 1.50. The molecule has 0 spiro atoms. The molecule has 2 aromatic rings. The number of nitro benzene ring substituents is 1. The van der Waals surface area contributed by atoms with E-state index >= 15 is 0 Å². The lowest BCUT2D eigenvalue weighted by atomic mass is 10.1. The topological polar surface area (TPSA) is 108 Å². The van der Waals surface area contributed by atoms with Crippen molar-refractivity contribution in [3.05, 3.63) is 69.8 Å². The van der Waals surface area contributed by atoms with Crippen LogP contribution in [0.5, 0.6) is 5.75 Å². The minimum Gasteiger partial charge on any atom is -0.481 e. The first kappa shape index (κ1) is 18.9. The first-order chi connectivity index (χ1) is 12.4. The van der Waals surface area contributed by atoms with Gasteiger partial charge in [0, 0.05) is 6.07 Å². The molecule has 0 aliphatic rings. The molecule has 0 heterocycles. The van der Waals surface area contributed by atoms with Crippen molar-refractivity contribution in [1.29, 1.82) is 0 Å². The molecule has 0 aliphatic carbocycles. The average molecular weight is 358 g/mol. The minimum absolute atomic E-state index is 0.0362. The summed E-state index contributed by atoms with van der Waals surface area (Å²) in [6.07, 6.45) is 0. The Hall–Kier alpha value is -3.42. The van der Waals surface area contributed by atoms with E-state index in [1.165, 1.54) is 32.2 Å². The second-order valence-electron chi connectivity index (χ2n) is 5.40. The van der Waals surface area contributed by atoms with Crippen LogP contribution in [-0.4, -0.2) is 30.0 Å². The minimum atomic E-state index is -0.909. The van der Waals surface area contributed by atoms with Crippen molar-refractivity contribution in [1.82, 2.24) is 5.32 Å². The molecule has 1 unspecified atom stereocenters. The van der Waals surface area contributed by atoms with Gasteiger partial charge < -0.3 is 14.8 Å². The maximum absolute atomic E-state index is 12.5. The van der Waals surface area contributed by atoms with Crippen LogP contribution in [0.1, 0.15) is 22.8 Å². The number of esters is 1. The zero-order valence-electron chi connectivity index (χ0n) is 14.3. The van der Waals surface area contributed by atoms with Gasteiger partial charge in [0.15, 0.2) is 0 Å². The molecule has 0 fully saturated rings. The maximum atomic E-state index is 12.5. The number of carbonyl (C=O) groups excluding carboxylic acids is 2. The molecule has 0 aliphatic heterocycles. The summed E-state index contributed by atoms with van der Waals surface area (Å²) in [5.41, 5.74) is 0.421. The maximum Gasteiger partial charge on any atom is 0.328 e. The third-order valence-electron chi connectivity index (χ3n) is 3.56. The smallest absolute Gasteiger partial charge is 0.328 e. The van der Waals surface area contributed by atoms with E-state index in [0.29, 0.717) is 0 Å². The van der Waals surface area contributed by atoms with Gasteiger partial charge in [0.2, 0.25) is 5.75 Å². The van der Waals surface area contributed by atoms with E-state index in [1.807, 2.05) is 18.2 Å². The van der Waals surface area contributed by atoms with E-state index in [2.05, 4.69) is 10.1 Å². The monoisotopic (exact) mass is 358 g/mol. The van der Waals surface area contributed by atoms with Gasteiger partial charge in [0.25, 0.3) is 5.91 Å². The summed E-state index contributed by atoms with van der Waals surface area (Å²) in [6, 6.07) is 12.2. The number of hydrogen-bond acceptors (Lipinski definition) is 6. The number of rotatable bonds is 7. The highest BCUT2D eigenvalue weighted by molar-refractivity contribution is 6.00. The highest BCUT2D eigenvalue weighted by Crippen LogP contribution is 2.31. The number of nitrogens with zero attached hydrogens (tertiary/aromatic N) is 1. The SMILES string of the molecule is COC(=O)C(C)NC(=O)c1cccc([N+](=O)[O-])c1OCc1ccccc1. The molecular weight excluding hydrogens is 340 g/mol. The summed E-state index contributed by atoms with van der Waals surface area (Å²) >= 11 is 0. The molecule has 1 amide bonds. The van der Waals surface area contributed by atoms with Crippen LogP contribution < -0.4 is 10.1 Å². The first-order valence-corrected chi connectivity index (χ1v) is 7.77. The van der Waals surface area contributed by atoms with E-state index in [4.69, 9.17) is 4.74 Å². The van der Waals surface area contributed by atoms with Crippen molar-refractivity contribution in [3.8, 4) is 5.75 Å². The molecular formula is C18H18N2O6. The summed E-state index contributed by atoms with van der Waals surface area (Å²) in [5.74, 6) is -1.46. The van der Waals surface area contributed by atoms with Crippen molar-refractivity contribution in [2.75, 3.05) is 7.11 Å². The van der Waals surface area contributed by atoms with Crippen LogP contribution in [0.15, 0.2) is 48.5 Å². The van der Waals surface area contributed by atoms with Crippen molar-refractivity contribution >= 4 is 17.6 Å². The molecule has 2 rings (SSSR count). The van der Waals surface area contributed by atoms with E-state index in [-0.39, 0.29) is 23.6 Å². The van der Waals surface area contributed by atoms with Crippen LogP contribution >= 0.6 is 0 Å². The molecule has 8 heteroatoms. The van der Waals surface area contributed by atoms with Crippen LogP contribution in [0.3, 0.4) is 0 Å². The highest BCUT2D eigenvalue weighted by atomic mass is 16.6. The predicted octanol–water partition coefficient (Wildman–Crippen LogP) is 2.47. The van der Waals surface area contributed by atoms with Gasteiger partial charge in [-0.1, -0.05) is 36.4 Å². The van der Waals surface area contributed by atoms with E-state index in [0.717, 1.165) is 5.56 Å². The van der Waals surface area contributed by atoms with Crippen molar-refractivity contribution in [2.24, 2.45) is 0 Å². The number of carbonyl (C=O) groups is 2. The van der Waals surface area contributed by atoms with E-state index in [1.54, 1.807) is 12.1 Å². The highest BCUT2D eigenvalue weighted by Gasteiger charge is 2.25. The molecule has 136 valence electrons. The fraction of sp³-hybridized carbons (Fsp3) is 0.222. The first-order valence-electron chi connectivity index (χ1n) is 7.77. The van der Waals surface area contributed by atoms with Crippen molar-refractivity contribution in [3.63, 3.8) is 0 Å². The van der Waals surface area contributed by atoms with Gasteiger partial charge >= 0.3 is 11.7 Å². The zero-order chi connectivity index (χ0) is 19.1. The molecule has 0 bridgehead atoms. The number of hydrogen-bond donors (Lipinski definition) is 1. The second-order valence-corrected chi connectivity index (χ2v) is 5.40. The summed E-state index contributed by atoms with van der Waals surface area (Å²) < 4.78 is 10.1. The Bertz CT molecular complexity index is 807. The largest absolute Gasteiger partial charge is 0.481 e. The number of amides is 1. The Morgan fingerprint density at radius 1 is 1.15 bits per heavy atom. The van der Waals surface area contributed by atoms with Crippen LogP contribution in [0, 0.1) is 10.1 Å². The Balaban J connectivity index is 2.30. The number of nitrogens with one attached hydrogen (secondary N) is 1. The van der Waals surface area contributed by atoms with Crippen LogP contribution in [-0.2, 0) is 16.1 Å². The lowest BCUT2D eigenvalue weighted by Gasteiger charge is -2.14. The van der Waals surface area contributed by atoms with Gasteiger partial charge in [-0.15, -0.1) is 0 Å². The van der Waals surface area contributed by atoms with Crippen LogP contribution in [0.4, 0.5) is 5.69 Å².